The molecule has 23 heavy (non-hydrogen) atoms. The second-order valence-corrected chi connectivity index (χ2v) is 5.67. The summed E-state index contributed by atoms with van der Waals surface area (Å²) in [6.07, 6.45) is 8.70. The molecule has 3 amide bonds. The van der Waals surface area contributed by atoms with Crippen LogP contribution in [0.3, 0.4) is 0 Å². The fourth-order valence-electron chi connectivity index (χ4n) is 2.92. The molecule has 0 aromatic carbocycles. The summed E-state index contributed by atoms with van der Waals surface area (Å²) < 4.78 is 1.66. The molecule has 0 atom stereocenters. The first kappa shape index (κ1) is 13.7. The van der Waals surface area contributed by atoms with E-state index in [1.165, 1.54) is 19.3 Å². The number of anilines is 1. The van der Waals surface area contributed by atoms with Crippen molar-refractivity contribution in [1.82, 2.24) is 25.2 Å². The number of carbonyl (C=O) groups is 2. The zero-order chi connectivity index (χ0) is 15.8. The number of piperidine rings is 1. The van der Waals surface area contributed by atoms with E-state index in [9.17, 15) is 9.59 Å². The van der Waals surface area contributed by atoms with E-state index in [-0.39, 0.29) is 5.70 Å². The largest absolute Gasteiger partial charge is 0.357 e. The number of nitrogens with one attached hydrogen (secondary N) is 2. The van der Waals surface area contributed by atoms with Gasteiger partial charge in [-0.1, -0.05) is 0 Å². The second kappa shape index (κ2) is 5.38. The molecular weight excluding hydrogens is 296 g/mol. The van der Waals surface area contributed by atoms with Gasteiger partial charge in [0, 0.05) is 24.8 Å². The van der Waals surface area contributed by atoms with E-state index in [1.54, 1.807) is 16.8 Å². The molecule has 4 rings (SSSR count). The van der Waals surface area contributed by atoms with Crippen molar-refractivity contribution in [1.29, 1.82) is 0 Å². The topological polar surface area (TPSA) is 91.6 Å². The number of nitrogens with zero attached hydrogens (tertiary/aromatic N) is 4. The first-order chi connectivity index (χ1) is 11.2. The van der Waals surface area contributed by atoms with Crippen molar-refractivity contribution in [3.63, 3.8) is 0 Å². The molecule has 2 aliphatic heterocycles. The van der Waals surface area contributed by atoms with Gasteiger partial charge in [-0.15, -0.1) is 0 Å². The van der Waals surface area contributed by atoms with Crippen molar-refractivity contribution in [2.24, 2.45) is 0 Å². The fraction of sp³-hybridized carbons (Fsp3) is 0.333. The van der Waals surface area contributed by atoms with E-state index in [0.717, 1.165) is 18.9 Å². The molecule has 0 spiro atoms. The number of urea groups is 1. The lowest BCUT2D eigenvalue weighted by atomic mass is 10.1. The first-order valence-electron chi connectivity index (χ1n) is 7.64. The summed E-state index contributed by atoms with van der Waals surface area (Å²) in [5.41, 5.74) is 1.56. The highest BCUT2D eigenvalue weighted by Gasteiger charge is 2.23. The molecule has 2 saturated heterocycles. The summed E-state index contributed by atoms with van der Waals surface area (Å²) >= 11 is 0. The van der Waals surface area contributed by atoms with Crippen LogP contribution in [0.15, 0.2) is 24.2 Å². The Bertz CT molecular complexity index is 818. The SMILES string of the molecule is O=C1NC(=O)/C(=C\c2cnn3ccc(N4CCCCC4)nc23)N1. The van der Waals surface area contributed by atoms with Crippen LogP contribution in [0.5, 0.6) is 0 Å². The van der Waals surface area contributed by atoms with Gasteiger partial charge in [0.05, 0.1) is 6.20 Å². The molecule has 0 unspecified atom stereocenters. The molecule has 2 aromatic heterocycles. The molecule has 0 aliphatic carbocycles. The van der Waals surface area contributed by atoms with E-state index < -0.39 is 11.9 Å². The van der Waals surface area contributed by atoms with E-state index in [0.29, 0.717) is 11.2 Å². The second-order valence-electron chi connectivity index (χ2n) is 5.67. The van der Waals surface area contributed by atoms with Gasteiger partial charge in [0.15, 0.2) is 5.65 Å². The maximum Gasteiger partial charge on any atom is 0.326 e. The molecule has 2 fully saturated rings. The molecule has 2 N–H and O–H groups in total. The minimum Gasteiger partial charge on any atom is -0.357 e. The lowest BCUT2D eigenvalue weighted by molar-refractivity contribution is -0.115. The lowest BCUT2D eigenvalue weighted by Gasteiger charge is -2.27. The Morgan fingerprint density at radius 3 is 2.70 bits per heavy atom. The van der Waals surface area contributed by atoms with Crippen LogP contribution in [0.2, 0.25) is 0 Å². The highest BCUT2D eigenvalue weighted by molar-refractivity contribution is 6.14. The summed E-state index contributed by atoms with van der Waals surface area (Å²) in [7, 11) is 0. The smallest absolute Gasteiger partial charge is 0.326 e. The van der Waals surface area contributed by atoms with Crippen molar-refractivity contribution in [3.05, 3.63) is 29.7 Å². The van der Waals surface area contributed by atoms with Gasteiger partial charge in [0.25, 0.3) is 5.91 Å². The van der Waals surface area contributed by atoms with Crippen LogP contribution in [-0.4, -0.2) is 39.6 Å². The first-order valence-corrected chi connectivity index (χ1v) is 7.64. The third-order valence-electron chi connectivity index (χ3n) is 4.08. The van der Waals surface area contributed by atoms with Gasteiger partial charge in [0.2, 0.25) is 0 Å². The predicted molar refractivity (Wildman–Crippen MR) is 83.7 cm³/mol. The molecule has 4 heterocycles. The van der Waals surface area contributed by atoms with Crippen LogP contribution in [-0.2, 0) is 4.79 Å². The summed E-state index contributed by atoms with van der Waals surface area (Å²) in [5.74, 6) is 0.471. The molecule has 0 saturated carbocycles. The minimum absolute atomic E-state index is 0.204. The molecule has 0 radical (unpaired) electrons. The Hall–Kier alpha value is -2.90. The van der Waals surface area contributed by atoms with E-state index in [2.05, 4.69) is 25.6 Å². The quantitative estimate of drug-likeness (QED) is 0.635. The molecular formula is C15H16N6O2. The Morgan fingerprint density at radius 2 is 1.96 bits per heavy atom. The van der Waals surface area contributed by atoms with E-state index in [4.69, 9.17) is 0 Å². The van der Waals surface area contributed by atoms with Crippen molar-refractivity contribution >= 4 is 29.5 Å². The van der Waals surface area contributed by atoms with Crippen LogP contribution >= 0.6 is 0 Å². The van der Waals surface area contributed by atoms with Crippen LogP contribution < -0.4 is 15.5 Å². The number of hydrogen-bond acceptors (Lipinski definition) is 5. The van der Waals surface area contributed by atoms with Crippen molar-refractivity contribution in [2.45, 2.75) is 19.3 Å². The predicted octanol–water partition coefficient (Wildman–Crippen LogP) is 0.900. The van der Waals surface area contributed by atoms with Gasteiger partial charge in [-0.2, -0.15) is 5.10 Å². The average Bonchev–Trinajstić information content (AvgIpc) is 3.11. The van der Waals surface area contributed by atoms with Crippen molar-refractivity contribution < 1.29 is 9.59 Å². The standard InChI is InChI=1S/C15H16N6O2/c22-14-11(17-15(23)19-14)8-10-9-16-21-7-4-12(18-13(10)21)20-5-2-1-3-6-20/h4,7-9H,1-3,5-6H2,(H2,17,19,22,23)/b11-8+. The molecule has 2 aliphatic rings. The zero-order valence-corrected chi connectivity index (χ0v) is 12.5. The van der Waals surface area contributed by atoms with Gasteiger partial charge < -0.3 is 10.2 Å². The molecule has 118 valence electrons. The lowest BCUT2D eigenvalue weighted by Crippen LogP contribution is -2.30. The average molecular weight is 312 g/mol. The number of imide groups is 1. The molecule has 8 nitrogen and oxygen atoms in total. The zero-order valence-electron chi connectivity index (χ0n) is 12.5. The van der Waals surface area contributed by atoms with Crippen LogP contribution in [0, 0.1) is 0 Å². The minimum atomic E-state index is -0.514. The van der Waals surface area contributed by atoms with Gasteiger partial charge in [0.1, 0.15) is 11.5 Å². The molecule has 0 bridgehead atoms. The van der Waals surface area contributed by atoms with E-state index in [1.807, 2.05) is 12.3 Å². The van der Waals surface area contributed by atoms with Crippen LogP contribution in [0.1, 0.15) is 24.8 Å². The van der Waals surface area contributed by atoms with Crippen molar-refractivity contribution in [3.8, 4) is 0 Å². The van der Waals surface area contributed by atoms with Crippen LogP contribution in [0.25, 0.3) is 11.7 Å². The Balaban J connectivity index is 1.71. The summed E-state index contributed by atoms with van der Waals surface area (Å²) in [6, 6.07) is 1.44. The molecule has 8 heteroatoms. The summed E-state index contributed by atoms with van der Waals surface area (Å²) in [4.78, 5) is 29.8. The van der Waals surface area contributed by atoms with E-state index >= 15 is 0 Å². The number of fused-ring (bicyclic) bond motifs is 1. The Morgan fingerprint density at radius 1 is 1.13 bits per heavy atom. The number of aromatic nitrogens is 3. The number of rotatable bonds is 2. The third-order valence-corrected chi connectivity index (χ3v) is 4.08. The van der Waals surface area contributed by atoms with Gasteiger partial charge in [-0.3, -0.25) is 10.1 Å². The molecule has 2 aromatic rings. The monoisotopic (exact) mass is 312 g/mol. The summed E-state index contributed by atoms with van der Waals surface area (Å²) in [5, 5.41) is 8.89. The maximum atomic E-state index is 11.6. The Labute approximate surface area is 132 Å². The van der Waals surface area contributed by atoms with Gasteiger partial charge >= 0.3 is 6.03 Å². The van der Waals surface area contributed by atoms with Crippen molar-refractivity contribution in [2.75, 3.05) is 18.0 Å². The summed E-state index contributed by atoms with van der Waals surface area (Å²) in [6.45, 7) is 2.01. The maximum absolute atomic E-state index is 11.6. The number of amides is 3. The Kier molecular flexibility index (Phi) is 3.22. The highest BCUT2D eigenvalue weighted by atomic mass is 16.2. The normalized spacial score (nSPS) is 20.2. The third kappa shape index (κ3) is 2.52. The van der Waals surface area contributed by atoms with Gasteiger partial charge in [-0.05, 0) is 31.4 Å². The van der Waals surface area contributed by atoms with Crippen LogP contribution in [0.4, 0.5) is 10.6 Å². The number of hydrogen-bond donors (Lipinski definition) is 2. The highest BCUT2D eigenvalue weighted by Crippen LogP contribution is 2.20. The van der Waals surface area contributed by atoms with Gasteiger partial charge in [-0.25, -0.2) is 14.3 Å². The fourth-order valence-corrected chi connectivity index (χ4v) is 2.92. The number of carbonyl (C=O) groups excluding carboxylic acids is 2.